The molecule has 2 aromatic heterocycles. The molecule has 1 aliphatic heterocycles. The predicted molar refractivity (Wildman–Crippen MR) is 119 cm³/mol. The van der Waals surface area contributed by atoms with Crippen molar-refractivity contribution in [2.45, 2.75) is 50.6 Å². The Bertz CT molecular complexity index is 1180. The van der Waals surface area contributed by atoms with Crippen molar-refractivity contribution in [2.24, 2.45) is 0 Å². The van der Waals surface area contributed by atoms with Crippen molar-refractivity contribution >= 4 is 35.0 Å². The van der Waals surface area contributed by atoms with E-state index in [1.54, 1.807) is 31.5 Å². The molecular formula is C20H24N8O2S. The third-order valence-corrected chi connectivity index (χ3v) is 6.25. The van der Waals surface area contributed by atoms with Gasteiger partial charge in [0, 0.05) is 5.69 Å². The van der Waals surface area contributed by atoms with Gasteiger partial charge in [0.2, 0.25) is 17.0 Å². The minimum atomic E-state index is -1.05. The number of nitrogens with one attached hydrogen (secondary N) is 1. The number of para-hydroxylation sites is 2. The molecule has 3 aromatic rings. The monoisotopic (exact) mass is 440 g/mol. The van der Waals surface area contributed by atoms with E-state index in [2.05, 4.69) is 20.6 Å². The number of carbonyl (C=O) groups is 2. The average Bonchev–Trinajstić information content (AvgIpc) is 3.23. The molecule has 162 valence electrons. The van der Waals surface area contributed by atoms with Gasteiger partial charge in [-0.3, -0.25) is 14.5 Å². The second-order valence-corrected chi connectivity index (χ2v) is 9.26. The van der Waals surface area contributed by atoms with Crippen LogP contribution in [0.1, 0.15) is 32.2 Å². The van der Waals surface area contributed by atoms with E-state index < -0.39 is 10.8 Å². The molecular weight excluding hydrogens is 416 g/mol. The SMILES string of the molecule is Cc1cc(C)n(-c2nnc(SC(C)C(=O)N3c4ccccc4NC(=O)C3(C)C)n2N)n1. The lowest BCUT2D eigenvalue weighted by molar-refractivity contribution is -0.126. The van der Waals surface area contributed by atoms with Crippen LogP contribution in [-0.2, 0) is 9.59 Å². The Balaban J connectivity index is 1.62. The third kappa shape index (κ3) is 3.44. The van der Waals surface area contributed by atoms with Crippen molar-refractivity contribution in [2.75, 3.05) is 16.1 Å². The van der Waals surface area contributed by atoms with Crippen LogP contribution in [0, 0.1) is 13.8 Å². The van der Waals surface area contributed by atoms with Crippen molar-refractivity contribution in [1.29, 1.82) is 0 Å². The Labute approximate surface area is 183 Å². The average molecular weight is 441 g/mol. The van der Waals surface area contributed by atoms with E-state index in [1.807, 2.05) is 38.1 Å². The predicted octanol–water partition coefficient (Wildman–Crippen LogP) is 2.04. The first-order valence-electron chi connectivity index (χ1n) is 9.76. The van der Waals surface area contributed by atoms with Gasteiger partial charge in [0.25, 0.3) is 5.95 Å². The zero-order valence-electron chi connectivity index (χ0n) is 17.9. The summed E-state index contributed by atoms with van der Waals surface area (Å²) < 4.78 is 2.92. The quantitative estimate of drug-likeness (QED) is 0.470. The van der Waals surface area contributed by atoms with Crippen LogP contribution >= 0.6 is 11.8 Å². The van der Waals surface area contributed by atoms with Crippen LogP contribution in [0.2, 0.25) is 0 Å². The number of benzene rings is 1. The van der Waals surface area contributed by atoms with Gasteiger partial charge < -0.3 is 11.2 Å². The van der Waals surface area contributed by atoms with E-state index in [4.69, 9.17) is 5.84 Å². The molecule has 0 bridgehead atoms. The summed E-state index contributed by atoms with van der Waals surface area (Å²) in [4.78, 5) is 27.7. The number of nitrogens with zero attached hydrogens (tertiary/aromatic N) is 6. The second kappa shape index (κ2) is 7.41. The summed E-state index contributed by atoms with van der Waals surface area (Å²) in [6.07, 6.45) is 0. The number of fused-ring (bicyclic) bond motifs is 1. The van der Waals surface area contributed by atoms with Crippen molar-refractivity contribution in [1.82, 2.24) is 24.7 Å². The summed E-state index contributed by atoms with van der Waals surface area (Å²) in [5.41, 5.74) is 1.91. The standard InChI is InChI=1S/C20H24N8O2S/c1-11-10-12(2)28(25-11)18-23-24-19(27(18)21)31-13(3)16(29)26-15-9-7-6-8-14(15)22-17(30)20(26,4)5/h6-10,13H,21H2,1-5H3,(H,22,30). The van der Waals surface area contributed by atoms with Gasteiger partial charge in [-0.15, -0.1) is 10.2 Å². The maximum atomic E-state index is 13.5. The maximum absolute atomic E-state index is 13.5. The van der Waals surface area contributed by atoms with Crippen LogP contribution in [0.4, 0.5) is 11.4 Å². The molecule has 0 fully saturated rings. The molecule has 0 aliphatic carbocycles. The first-order valence-corrected chi connectivity index (χ1v) is 10.6. The molecule has 1 atom stereocenters. The number of aromatic nitrogens is 5. The number of rotatable bonds is 4. The van der Waals surface area contributed by atoms with Gasteiger partial charge in [0.1, 0.15) is 5.54 Å². The van der Waals surface area contributed by atoms with Crippen LogP contribution in [-0.4, -0.2) is 47.3 Å². The molecule has 1 aliphatic rings. The molecule has 0 saturated heterocycles. The summed E-state index contributed by atoms with van der Waals surface area (Å²) in [6, 6.07) is 9.15. The fourth-order valence-electron chi connectivity index (χ4n) is 3.56. The van der Waals surface area contributed by atoms with Gasteiger partial charge >= 0.3 is 0 Å². The molecule has 10 nitrogen and oxygen atoms in total. The molecule has 0 spiro atoms. The lowest BCUT2D eigenvalue weighted by Gasteiger charge is -2.42. The topological polar surface area (TPSA) is 124 Å². The Hall–Kier alpha value is -3.34. The first kappa shape index (κ1) is 20.9. The van der Waals surface area contributed by atoms with Gasteiger partial charge in [-0.05, 0) is 52.8 Å². The molecule has 3 N–H and O–H groups in total. The summed E-state index contributed by atoms with van der Waals surface area (Å²) >= 11 is 1.18. The minimum Gasteiger partial charge on any atom is -0.334 e. The molecule has 1 unspecified atom stereocenters. The Morgan fingerprint density at radius 1 is 1.23 bits per heavy atom. The van der Waals surface area contributed by atoms with E-state index in [0.717, 1.165) is 11.4 Å². The maximum Gasteiger partial charge on any atom is 0.271 e. The van der Waals surface area contributed by atoms with Gasteiger partial charge in [0.05, 0.1) is 22.3 Å². The molecule has 3 heterocycles. The van der Waals surface area contributed by atoms with Crippen molar-refractivity contribution in [3.63, 3.8) is 0 Å². The fourth-order valence-corrected chi connectivity index (χ4v) is 4.37. The third-order valence-electron chi connectivity index (χ3n) is 5.20. The Kier molecular flexibility index (Phi) is 5.00. The van der Waals surface area contributed by atoms with E-state index in [-0.39, 0.29) is 11.8 Å². The number of thioether (sulfide) groups is 1. The second-order valence-electron chi connectivity index (χ2n) is 7.96. The summed E-state index contributed by atoms with van der Waals surface area (Å²) in [6.45, 7) is 8.98. The van der Waals surface area contributed by atoms with Crippen molar-refractivity contribution in [3.8, 4) is 5.95 Å². The number of aryl methyl sites for hydroxylation is 2. The first-order chi connectivity index (χ1) is 14.6. The normalized spacial score (nSPS) is 16.0. The van der Waals surface area contributed by atoms with Crippen LogP contribution in [0.3, 0.4) is 0 Å². The number of nitrogen functional groups attached to an aromatic ring is 1. The fraction of sp³-hybridized carbons (Fsp3) is 0.350. The number of hydrogen-bond donors (Lipinski definition) is 2. The van der Waals surface area contributed by atoms with Gasteiger partial charge in [-0.1, -0.05) is 23.9 Å². The lowest BCUT2D eigenvalue weighted by atomic mass is 9.96. The molecule has 1 aromatic carbocycles. The molecule has 11 heteroatoms. The highest BCUT2D eigenvalue weighted by molar-refractivity contribution is 8.00. The van der Waals surface area contributed by atoms with Gasteiger partial charge in [-0.25, -0.2) is 9.36 Å². The molecule has 31 heavy (non-hydrogen) atoms. The number of hydrogen-bond acceptors (Lipinski definition) is 7. The number of amides is 2. The highest BCUT2D eigenvalue weighted by Crippen LogP contribution is 2.38. The van der Waals surface area contributed by atoms with Crippen LogP contribution < -0.4 is 16.1 Å². The van der Waals surface area contributed by atoms with Gasteiger partial charge in [-0.2, -0.15) is 5.10 Å². The molecule has 4 rings (SSSR count). The van der Waals surface area contributed by atoms with Crippen LogP contribution in [0.15, 0.2) is 35.5 Å². The molecule has 0 radical (unpaired) electrons. The number of nitrogens with two attached hydrogens (primary N) is 1. The zero-order chi connectivity index (χ0) is 22.5. The Morgan fingerprint density at radius 2 is 1.94 bits per heavy atom. The largest absolute Gasteiger partial charge is 0.334 e. The van der Waals surface area contributed by atoms with Crippen LogP contribution in [0.5, 0.6) is 0 Å². The van der Waals surface area contributed by atoms with E-state index in [0.29, 0.717) is 22.5 Å². The smallest absolute Gasteiger partial charge is 0.271 e. The summed E-state index contributed by atoms with van der Waals surface area (Å²) in [7, 11) is 0. The zero-order valence-corrected chi connectivity index (χ0v) is 18.8. The lowest BCUT2D eigenvalue weighted by Crippen LogP contribution is -2.60. The number of anilines is 2. The van der Waals surface area contributed by atoms with E-state index in [1.165, 1.54) is 21.3 Å². The van der Waals surface area contributed by atoms with Gasteiger partial charge in [0.15, 0.2) is 0 Å². The molecule has 2 amide bonds. The summed E-state index contributed by atoms with van der Waals surface area (Å²) in [5, 5.41) is 15.3. The highest BCUT2D eigenvalue weighted by atomic mass is 32.2. The molecule has 0 saturated carbocycles. The highest BCUT2D eigenvalue weighted by Gasteiger charge is 2.45. The number of carbonyl (C=O) groups excluding carboxylic acids is 2. The van der Waals surface area contributed by atoms with Crippen molar-refractivity contribution < 1.29 is 9.59 Å². The van der Waals surface area contributed by atoms with Crippen LogP contribution in [0.25, 0.3) is 5.95 Å². The van der Waals surface area contributed by atoms with E-state index >= 15 is 0 Å². The summed E-state index contributed by atoms with van der Waals surface area (Å²) in [5.74, 6) is 6.10. The minimum absolute atomic E-state index is 0.229. The Morgan fingerprint density at radius 3 is 2.61 bits per heavy atom. The van der Waals surface area contributed by atoms with Crippen molar-refractivity contribution in [3.05, 3.63) is 41.7 Å². The van der Waals surface area contributed by atoms with E-state index in [9.17, 15) is 9.59 Å².